The van der Waals surface area contributed by atoms with Gasteiger partial charge in [0.15, 0.2) is 5.03 Å². The lowest BCUT2D eigenvalue weighted by Gasteiger charge is -2.00. The van der Waals surface area contributed by atoms with Gasteiger partial charge in [-0.3, -0.25) is 4.99 Å². The molecule has 0 saturated heterocycles. The Balaban J connectivity index is 3.21. The molecule has 0 N–H and O–H groups in total. The van der Waals surface area contributed by atoms with E-state index >= 15 is 0 Å². The summed E-state index contributed by atoms with van der Waals surface area (Å²) in [5, 5.41) is -0.358. The number of aliphatic imine (C=N–C) groups is 2. The second-order valence-electron chi connectivity index (χ2n) is 2.69. The molecule has 1 aromatic heterocycles. The minimum Gasteiger partial charge on any atom is -0.260 e. The lowest BCUT2D eigenvalue weighted by molar-refractivity contribution is 0.603. The maximum absolute atomic E-state index is 11.9. The van der Waals surface area contributed by atoms with E-state index in [0.29, 0.717) is 0 Å². The number of rotatable bonds is 2. The van der Waals surface area contributed by atoms with Gasteiger partial charge in [-0.1, -0.05) is 18.7 Å². The van der Waals surface area contributed by atoms with Gasteiger partial charge in [0.25, 0.3) is 9.84 Å². The SMILES string of the molecule is C=C/C=N\C(=N/C)S(=O)(=O)c1ccccn1. The van der Waals surface area contributed by atoms with Crippen LogP contribution in [0, 0.1) is 0 Å². The lowest BCUT2D eigenvalue weighted by Crippen LogP contribution is -2.14. The molecule has 0 aromatic carbocycles. The van der Waals surface area contributed by atoms with E-state index in [1.807, 2.05) is 0 Å². The van der Waals surface area contributed by atoms with Crippen molar-refractivity contribution < 1.29 is 8.42 Å². The number of hydrogen-bond acceptors (Lipinski definition) is 4. The molecule has 0 aliphatic heterocycles. The molecule has 0 aliphatic rings. The first-order chi connectivity index (χ1) is 7.62. The lowest BCUT2D eigenvalue weighted by atomic mass is 10.5. The normalized spacial score (nSPS) is 12.9. The van der Waals surface area contributed by atoms with Gasteiger partial charge in [-0.05, 0) is 12.1 Å². The van der Waals surface area contributed by atoms with Crippen molar-refractivity contribution >= 4 is 21.2 Å². The summed E-state index contributed by atoms with van der Waals surface area (Å²) in [5.74, 6) is 0. The van der Waals surface area contributed by atoms with E-state index in [1.165, 1.54) is 31.6 Å². The largest absolute Gasteiger partial charge is 0.260 e. The van der Waals surface area contributed by atoms with Crippen molar-refractivity contribution in [3.63, 3.8) is 0 Å². The van der Waals surface area contributed by atoms with E-state index in [0.717, 1.165) is 0 Å². The highest BCUT2D eigenvalue weighted by Crippen LogP contribution is 2.09. The zero-order valence-corrected chi connectivity index (χ0v) is 9.55. The number of amidine groups is 1. The van der Waals surface area contributed by atoms with Crippen molar-refractivity contribution in [1.82, 2.24) is 4.98 Å². The third kappa shape index (κ3) is 2.60. The Morgan fingerprint density at radius 3 is 2.75 bits per heavy atom. The Labute approximate surface area is 94.2 Å². The van der Waals surface area contributed by atoms with Crippen LogP contribution in [-0.4, -0.2) is 31.8 Å². The van der Waals surface area contributed by atoms with Crippen molar-refractivity contribution in [2.45, 2.75) is 5.03 Å². The smallest absolute Gasteiger partial charge is 0.258 e. The fourth-order valence-electron chi connectivity index (χ4n) is 0.963. The summed E-state index contributed by atoms with van der Waals surface area (Å²) in [6.45, 7) is 3.41. The van der Waals surface area contributed by atoms with Gasteiger partial charge < -0.3 is 0 Å². The zero-order chi connectivity index (χ0) is 12.0. The van der Waals surface area contributed by atoms with Crippen LogP contribution in [-0.2, 0) is 9.84 Å². The molecule has 1 aromatic rings. The summed E-state index contributed by atoms with van der Waals surface area (Å²) in [7, 11) is -2.37. The van der Waals surface area contributed by atoms with E-state index in [1.54, 1.807) is 12.1 Å². The van der Waals surface area contributed by atoms with E-state index in [9.17, 15) is 8.42 Å². The fraction of sp³-hybridized carbons (Fsp3) is 0.100. The van der Waals surface area contributed by atoms with Gasteiger partial charge in [-0.15, -0.1) is 0 Å². The molecule has 0 bridgehead atoms. The molecule has 0 amide bonds. The molecule has 1 rings (SSSR count). The van der Waals surface area contributed by atoms with Crippen LogP contribution in [0.1, 0.15) is 0 Å². The molecule has 16 heavy (non-hydrogen) atoms. The van der Waals surface area contributed by atoms with Crippen molar-refractivity contribution in [3.8, 4) is 0 Å². The maximum Gasteiger partial charge on any atom is 0.258 e. The fourth-order valence-corrected chi connectivity index (χ4v) is 2.05. The first-order valence-electron chi connectivity index (χ1n) is 4.41. The van der Waals surface area contributed by atoms with Gasteiger partial charge in [-0.25, -0.2) is 18.4 Å². The molecule has 0 unspecified atom stereocenters. The van der Waals surface area contributed by atoms with Crippen molar-refractivity contribution in [3.05, 3.63) is 37.1 Å². The number of hydrogen-bond donors (Lipinski definition) is 0. The van der Waals surface area contributed by atoms with Crippen molar-refractivity contribution in [2.75, 3.05) is 7.05 Å². The quantitative estimate of drug-likeness (QED) is 0.571. The topological polar surface area (TPSA) is 71.8 Å². The van der Waals surface area contributed by atoms with Gasteiger partial charge in [0, 0.05) is 19.5 Å². The van der Waals surface area contributed by atoms with Crippen LogP contribution >= 0.6 is 0 Å². The van der Waals surface area contributed by atoms with Gasteiger partial charge in [-0.2, -0.15) is 0 Å². The van der Waals surface area contributed by atoms with Gasteiger partial charge >= 0.3 is 0 Å². The second-order valence-corrected chi connectivity index (χ2v) is 4.48. The molecule has 0 saturated carbocycles. The molecule has 0 spiro atoms. The van der Waals surface area contributed by atoms with Crippen LogP contribution in [0.15, 0.2) is 52.1 Å². The summed E-state index contributed by atoms with van der Waals surface area (Å²) in [6, 6.07) is 4.61. The number of nitrogens with zero attached hydrogens (tertiary/aromatic N) is 3. The number of pyridine rings is 1. The molecule has 6 heteroatoms. The van der Waals surface area contributed by atoms with Crippen LogP contribution < -0.4 is 0 Å². The first kappa shape index (κ1) is 12.3. The molecule has 84 valence electrons. The highest BCUT2D eigenvalue weighted by atomic mass is 32.2. The summed E-state index contributed by atoms with van der Waals surface area (Å²) in [5.41, 5.74) is 0. The second kappa shape index (κ2) is 5.32. The summed E-state index contributed by atoms with van der Waals surface area (Å²) >= 11 is 0. The Hall–Kier alpha value is -1.82. The van der Waals surface area contributed by atoms with Crippen molar-refractivity contribution in [2.24, 2.45) is 9.98 Å². The molecule has 0 atom stereocenters. The highest BCUT2D eigenvalue weighted by Gasteiger charge is 2.22. The minimum atomic E-state index is -3.73. The average Bonchev–Trinajstić information content (AvgIpc) is 2.31. The van der Waals surface area contributed by atoms with E-state index in [-0.39, 0.29) is 10.2 Å². The molecule has 5 nitrogen and oxygen atoms in total. The summed E-state index contributed by atoms with van der Waals surface area (Å²) in [6.07, 6.45) is 4.04. The average molecular weight is 237 g/mol. The van der Waals surface area contributed by atoms with Crippen LogP contribution in [0.5, 0.6) is 0 Å². The van der Waals surface area contributed by atoms with Gasteiger partial charge in [0.1, 0.15) is 0 Å². The number of allylic oxidation sites excluding steroid dienone is 1. The Morgan fingerprint density at radius 1 is 1.50 bits per heavy atom. The van der Waals surface area contributed by atoms with E-state index < -0.39 is 9.84 Å². The molecule has 0 radical (unpaired) electrons. The maximum atomic E-state index is 11.9. The van der Waals surface area contributed by atoms with Crippen molar-refractivity contribution in [1.29, 1.82) is 0 Å². The van der Waals surface area contributed by atoms with Gasteiger partial charge in [0.05, 0.1) is 0 Å². The van der Waals surface area contributed by atoms with Crippen LogP contribution in [0.3, 0.4) is 0 Å². The molecule has 1 heterocycles. The summed E-state index contributed by atoms with van der Waals surface area (Å²) < 4.78 is 23.9. The predicted molar refractivity (Wildman–Crippen MR) is 63.5 cm³/mol. The highest BCUT2D eigenvalue weighted by molar-refractivity contribution is 8.06. The summed E-state index contributed by atoms with van der Waals surface area (Å²) in [4.78, 5) is 11.1. The predicted octanol–water partition coefficient (Wildman–Crippen LogP) is 1.10. The molecule has 0 fully saturated rings. The third-order valence-electron chi connectivity index (χ3n) is 1.64. The van der Waals surface area contributed by atoms with Crippen LogP contribution in [0.25, 0.3) is 0 Å². The zero-order valence-electron chi connectivity index (χ0n) is 8.74. The standard InChI is InChI=1S/C10H11N3O2S/c1-3-7-13-10(11-2)16(14,15)9-6-4-5-8-12-9/h3-8H,1H2,2H3/b11-10+,13-7-. The number of sulfone groups is 1. The Bertz CT molecular complexity index is 518. The minimum absolute atomic E-state index is 0.0724. The third-order valence-corrected chi connectivity index (χ3v) is 3.20. The van der Waals surface area contributed by atoms with Gasteiger partial charge in [0.2, 0.25) is 5.17 Å². The van der Waals surface area contributed by atoms with Crippen LogP contribution in [0.2, 0.25) is 0 Å². The number of aromatic nitrogens is 1. The Morgan fingerprint density at radius 2 is 2.25 bits per heavy atom. The van der Waals surface area contributed by atoms with Crippen LogP contribution in [0.4, 0.5) is 0 Å². The monoisotopic (exact) mass is 237 g/mol. The van der Waals surface area contributed by atoms with E-state index in [2.05, 4.69) is 21.5 Å². The molecular formula is C10H11N3O2S. The molecule has 0 aliphatic carbocycles. The molecular weight excluding hydrogens is 226 g/mol. The van der Waals surface area contributed by atoms with E-state index in [4.69, 9.17) is 0 Å². The first-order valence-corrected chi connectivity index (χ1v) is 5.89. The Kier molecular flexibility index (Phi) is 4.07.